The number of rotatable bonds is 4. The largest absolute Gasteiger partial charge is 0.484 e. The molecular weight excluding hydrogens is 156 g/mol. The van der Waals surface area contributed by atoms with Crippen LogP contribution in [0.5, 0.6) is 5.06 Å². The van der Waals surface area contributed by atoms with Gasteiger partial charge in [0.2, 0.25) is 0 Å². The van der Waals surface area contributed by atoms with Gasteiger partial charge >= 0.3 is 0 Å². The predicted molar refractivity (Wildman–Crippen MR) is 49.5 cm³/mol. The number of thiophene rings is 1. The van der Waals surface area contributed by atoms with Crippen LogP contribution in [0.2, 0.25) is 0 Å². The third kappa shape index (κ3) is 2.54. The molecule has 1 aromatic rings. The molecule has 1 heterocycles. The van der Waals surface area contributed by atoms with E-state index >= 15 is 0 Å². The van der Waals surface area contributed by atoms with E-state index in [1.807, 2.05) is 0 Å². The zero-order valence-corrected chi connectivity index (χ0v) is 7.91. The summed E-state index contributed by atoms with van der Waals surface area (Å²) in [6, 6.07) is 4.19. The highest BCUT2D eigenvalue weighted by molar-refractivity contribution is 7.13. The fraction of sp³-hybridized carbons (Fsp3) is 0.556. The molecule has 0 atom stereocenters. The molecule has 0 aliphatic heterocycles. The van der Waals surface area contributed by atoms with E-state index in [9.17, 15) is 0 Å². The predicted octanol–water partition coefficient (Wildman–Crippen LogP) is 3.10. The van der Waals surface area contributed by atoms with Crippen molar-refractivity contribution >= 4 is 11.3 Å². The molecule has 0 unspecified atom stereocenters. The summed E-state index contributed by atoms with van der Waals surface area (Å²) in [4.78, 5) is 1.40. The molecule has 0 aliphatic rings. The van der Waals surface area contributed by atoms with E-state index < -0.39 is 0 Å². The average molecular weight is 170 g/mol. The second-order valence-electron chi connectivity index (χ2n) is 2.42. The minimum atomic E-state index is 0.837. The summed E-state index contributed by atoms with van der Waals surface area (Å²) in [7, 11) is 0. The van der Waals surface area contributed by atoms with Gasteiger partial charge in [0.15, 0.2) is 5.06 Å². The summed E-state index contributed by atoms with van der Waals surface area (Å²) < 4.78 is 5.46. The summed E-state index contributed by atoms with van der Waals surface area (Å²) in [6.45, 7) is 5.12. The van der Waals surface area contributed by atoms with Gasteiger partial charge in [-0.2, -0.15) is 0 Å². The minimum absolute atomic E-state index is 0.837. The van der Waals surface area contributed by atoms with Crippen LogP contribution in [-0.2, 0) is 6.42 Å². The zero-order valence-electron chi connectivity index (χ0n) is 7.09. The van der Waals surface area contributed by atoms with Crippen molar-refractivity contribution in [3.8, 4) is 5.06 Å². The Kier molecular flexibility index (Phi) is 3.43. The second kappa shape index (κ2) is 4.39. The van der Waals surface area contributed by atoms with Crippen LogP contribution in [0, 0.1) is 0 Å². The first kappa shape index (κ1) is 8.60. The number of aryl methyl sites for hydroxylation is 1. The van der Waals surface area contributed by atoms with Gasteiger partial charge in [0.05, 0.1) is 6.61 Å². The Morgan fingerprint density at radius 2 is 2.18 bits per heavy atom. The van der Waals surface area contributed by atoms with Crippen molar-refractivity contribution in [3.05, 3.63) is 17.0 Å². The normalized spacial score (nSPS) is 10.0. The molecule has 62 valence electrons. The average Bonchev–Trinajstić information content (AvgIpc) is 2.48. The van der Waals surface area contributed by atoms with Gasteiger partial charge in [-0.25, -0.2) is 0 Å². The molecule has 0 radical (unpaired) electrons. The third-order valence-electron chi connectivity index (χ3n) is 1.43. The Morgan fingerprint density at radius 1 is 1.36 bits per heavy atom. The summed E-state index contributed by atoms with van der Waals surface area (Å²) in [5.41, 5.74) is 0. The van der Waals surface area contributed by atoms with Crippen molar-refractivity contribution < 1.29 is 4.74 Å². The van der Waals surface area contributed by atoms with Gasteiger partial charge in [0, 0.05) is 4.88 Å². The fourth-order valence-corrected chi connectivity index (χ4v) is 1.65. The molecule has 0 saturated heterocycles. The van der Waals surface area contributed by atoms with Gasteiger partial charge < -0.3 is 4.74 Å². The molecule has 1 rings (SSSR count). The van der Waals surface area contributed by atoms with Crippen LogP contribution in [0.25, 0.3) is 0 Å². The number of hydrogen-bond acceptors (Lipinski definition) is 2. The van der Waals surface area contributed by atoms with Crippen molar-refractivity contribution in [1.29, 1.82) is 0 Å². The van der Waals surface area contributed by atoms with Gasteiger partial charge in [-0.3, -0.25) is 0 Å². The van der Waals surface area contributed by atoms with Crippen LogP contribution >= 0.6 is 11.3 Å². The smallest absolute Gasteiger partial charge is 0.173 e. The molecule has 0 N–H and O–H groups in total. The van der Waals surface area contributed by atoms with Gasteiger partial charge in [-0.15, -0.1) is 11.3 Å². The van der Waals surface area contributed by atoms with Gasteiger partial charge in [0.1, 0.15) is 0 Å². The van der Waals surface area contributed by atoms with Gasteiger partial charge in [-0.05, 0) is 25.0 Å². The monoisotopic (exact) mass is 170 g/mol. The van der Waals surface area contributed by atoms with E-state index in [1.165, 1.54) is 4.88 Å². The minimum Gasteiger partial charge on any atom is -0.484 e. The highest BCUT2D eigenvalue weighted by Gasteiger charge is 1.97. The fourth-order valence-electron chi connectivity index (χ4n) is 0.828. The lowest BCUT2D eigenvalue weighted by Crippen LogP contribution is -1.91. The van der Waals surface area contributed by atoms with E-state index in [1.54, 1.807) is 11.3 Å². The van der Waals surface area contributed by atoms with E-state index in [2.05, 4.69) is 26.0 Å². The Morgan fingerprint density at radius 3 is 2.73 bits per heavy atom. The van der Waals surface area contributed by atoms with Crippen LogP contribution in [0.4, 0.5) is 0 Å². The molecule has 2 heteroatoms. The number of hydrogen-bond donors (Lipinski definition) is 0. The lowest BCUT2D eigenvalue weighted by molar-refractivity contribution is 0.326. The quantitative estimate of drug-likeness (QED) is 0.674. The maximum Gasteiger partial charge on any atom is 0.173 e. The van der Waals surface area contributed by atoms with Crippen LogP contribution in [0.3, 0.4) is 0 Å². The Bertz CT molecular complexity index is 205. The molecule has 0 fully saturated rings. The maximum absolute atomic E-state index is 5.46. The van der Waals surface area contributed by atoms with Crippen molar-refractivity contribution in [2.75, 3.05) is 6.61 Å². The molecule has 0 spiro atoms. The topological polar surface area (TPSA) is 9.23 Å². The highest BCUT2D eigenvalue weighted by atomic mass is 32.1. The van der Waals surface area contributed by atoms with E-state index in [-0.39, 0.29) is 0 Å². The van der Waals surface area contributed by atoms with E-state index in [0.717, 1.165) is 24.5 Å². The molecule has 0 aromatic carbocycles. The van der Waals surface area contributed by atoms with Crippen molar-refractivity contribution in [2.24, 2.45) is 0 Å². The van der Waals surface area contributed by atoms with Crippen LogP contribution < -0.4 is 4.74 Å². The summed E-state index contributed by atoms with van der Waals surface area (Å²) in [5, 5.41) is 1.06. The van der Waals surface area contributed by atoms with Crippen molar-refractivity contribution in [3.63, 3.8) is 0 Å². The Labute approximate surface area is 72.0 Å². The third-order valence-corrected chi connectivity index (χ3v) is 2.58. The van der Waals surface area contributed by atoms with E-state index in [0.29, 0.717) is 0 Å². The van der Waals surface area contributed by atoms with Crippen LogP contribution in [0.1, 0.15) is 25.1 Å². The molecule has 0 aliphatic carbocycles. The van der Waals surface area contributed by atoms with Gasteiger partial charge in [-0.1, -0.05) is 13.8 Å². The Hall–Kier alpha value is -0.500. The molecular formula is C9H14OS. The van der Waals surface area contributed by atoms with Crippen LogP contribution in [-0.4, -0.2) is 6.61 Å². The molecule has 1 aromatic heterocycles. The molecule has 0 saturated carbocycles. The number of ether oxygens (including phenoxy) is 1. The SMILES string of the molecule is CCCOc1ccc(CC)s1. The van der Waals surface area contributed by atoms with Crippen molar-refractivity contribution in [2.45, 2.75) is 26.7 Å². The van der Waals surface area contributed by atoms with E-state index in [4.69, 9.17) is 4.74 Å². The standard InChI is InChI=1S/C9H14OS/c1-3-7-10-9-6-5-8(4-2)11-9/h5-6H,3-4,7H2,1-2H3. The summed E-state index contributed by atoms with van der Waals surface area (Å²) in [5.74, 6) is 0. The lowest BCUT2D eigenvalue weighted by atomic mass is 10.4. The first-order chi connectivity index (χ1) is 5.36. The van der Waals surface area contributed by atoms with Crippen molar-refractivity contribution in [1.82, 2.24) is 0 Å². The highest BCUT2D eigenvalue weighted by Crippen LogP contribution is 2.24. The van der Waals surface area contributed by atoms with Gasteiger partial charge in [0.25, 0.3) is 0 Å². The summed E-state index contributed by atoms with van der Waals surface area (Å²) >= 11 is 1.75. The zero-order chi connectivity index (χ0) is 8.10. The lowest BCUT2D eigenvalue weighted by Gasteiger charge is -1.97. The molecule has 0 amide bonds. The summed E-state index contributed by atoms with van der Waals surface area (Å²) in [6.07, 6.45) is 2.19. The maximum atomic E-state index is 5.46. The first-order valence-electron chi connectivity index (χ1n) is 4.08. The molecule has 1 nitrogen and oxygen atoms in total. The Balaban J connectivity index is 2.44. The first-order valence-corrected chi connectivity index (χ1v) is 4.90. The molecule has 11 heavy (non-hydrogen) atoms. The molecule has 0 bridgehead atoms. The van der Waals surface area contributed by atoms with Crippen LogP contribution in [0.15, 0.2) is 12.1 Å². The second-order valence-corrected chi connectivity index (χ2v) is 3.55.